The van der Waals surface area contributed by atoms with Crippen molar-refractivity contribution in [2.24, 2.45) is 0 Å². The number of esters is 1. The zero-order valence-corrected chi connectivity index (χ0v) is 15.2. The van der Waals surface area contributed by atoms with E-state index in [1.807, 2.05) is 12.1 Å². The molecule has 0 saturated carbocycles. The molecule has 0 saturated heterocycles. The molecule has 0 spiro atoms. The van der Waals surface area contributed by atoms with Gasteiger partial charge in [0.25, 0.3) is 0 Å². The minimum Gasteiger partial charge on any atom is -0.495 e. The lowest BCUT2D eigenvalue weighted by molar-refractivity contribution is -0.142. The average molecular weight is 319 g/mol. The fraction of sp³-hybridized carbons (Fsp3) is 0.632. The van der Waals surface area contributed by atoms with Crippen molar-refractivity contribution in [1.82, 2.24) is 0 Å². The molecule has 1 heterocycles. The Labute approximate surface area is 139 Å². The normalized spacial score (nSPS) is 20.6. The zero-order chi connectivity index (χ0) is 17.2. The van der Waals surface area contributed by atoms with E-state index in [1.54, 1.807) is 7.11 Å². The highest BCUT2D eigenvalue weighted by Gasteiger charge is 2.43. The third kappa shape index (κ3) is 3.17. The molecule has 0 fully saturated rings. The van der Waals surface area contributed by atoms with Crippen molar-refractivity contribution in [2.75, 3.05) is 19.1 Å². The Bertz CT molecular complexity index is 568. The summed E-state index contributed by atoms with van der Waals surface area (Å²) in [6, 6.07) is 5.85. The summed E-state index contributed by atoms with van der Waals surface area (Å²) in [5, 5.41) is 0. The second kappa shape index (κ2) is 6.81. The maximum atomic E-state index is 12.5. The minimum atomic E-state index is -0.289. The molecular weight excluding hydrogens is 290 g/mol. The van der Waals surface area contributed by atoms with Crippen LogP contribution in [0.2, 0.25) is 0 Å². The molecule has 0 amide bonds. The molecule has 0 unspecified atom stereocenters. The number of rotatable bonds is 5. The Morgan fingerprint density at radius 1 is 1.39 bits per heavy atom. The molecule has 23 heavy (non-hydrogen) atoms. The van der Waals surface area contributed by atoms with Gasteiger partial charge < -0.3 is 14.4 Å². The summed E-state index contributed by atoms with van der Waals surface area (Å²) >= 11 is 0. The summed E-state index contributed by atoms with van der Waals surface area (Å²) in [7, 11) is 3.15. The van der Waals surface area contributed by atoms with Crippen LogP contribution >= 0.6 is 0 Å². The van der Waals surface area contributed by atoms with E-state index in [2.05, 4.69) is 38.7 Å². The van der Waals surface area contributed by atoms with Crippen LogP contribution in [0.4, 0.5) is 5.69 Å². The summed E-state index contributed by atoms with van der Waals surface area (Å²) in [6.45, 7) is 8.73. The molecular formula is C19H29NO3. The van der Waals surface area contributed by atoms with Gasteiger partial charge in [-0.25, -0.2) is 4.79 Å². The third-order valence-corrected chi connectivity index (χ3v) is 4.83. The van der Waals surface area contributed by atoms with Gasteiger partial charge in [-0.05, 0) is 44.2 Å². The smallest absolute Gasteiger partial charge is 0.328 e. The minimum absolute atomic E-state index is 0.144. The van der Waals surface area contributed by atoms with Gasteiger partial charge in [-0.3, -0.25) is 0 Å². The van der Waals surface area contributed by atoms with Gasteiger partial charge in [0.2, 0.25) is 0 Å². The first-order valence-electron chi connectivity index (χ1n) is 8.41. The van der Waals surface area contributed by atoms with Gasteiger partial charge in [0.1, 0.15) is 11.8 Å². The van der Waals surface area contributed by atoms with E-state index in [0.29, 0.717) is 5.92 Å². The third-order valence-electron chi connectivity index (χ3n) is 4.83. The molecule has 1 aromatic carbocycles. The van der Waals surface area contributed by atoms with Crippen LogP contribution < -0.4 is 9.64 Å². The molecule has 0 aromatic heterocycles. The first-order valence-corrected chi connectivity index (χ1v) is 8.41. The van der Waals surface area contributed by atoms with Crippen molar-refractivity contribution in [3.8, 4) is 5.75 Å². The number of carbonyl (C=O) groups excluding carboxylic acids is 1. The Balaban J connectivity index is 2.64. The largest absolute Gasteiger partial charge is 0.495 e. The number of hydrogen-bond acceptors (Lipinski definition) is 4. The van der Waals surface area contributed by atoms with Crippen molar-refractivity contribution >= 4 is 11.7 Å². The van der Waals surface area contributed by atoms with E-state index in [9.17, 15) is 4.79 Å². The lowest BCUT2D eigenvalue weighted by Gasteiger charge is -2.50. The quantitative estimate of drug-likeness (QED) is 0.765. The molecule has 2 atom stereocenters. The molecule has 4 nitrogen and oxygen atoms in total. The fourth-order valence-electron chi connectivity index (χ4n) is 3.96. The highest BCUT2D eigenvalue weighted by molar-refractivity contribution is 5.83. The molecule has 0 radical (unpaired) electrons. The van der Waals surface area contributed by atoms with Crippen molar-refractivity contribution < 1.29 is 14.3 Å². The van der Waals surface area contributed by atoms with Crippen LogP contribution in [0.3, 0.4) is 0 Å². The number of ether oxygens (including phenoxy) is 2. The van der Waals surface area contributed by atoms with Gasteiger partial charge in [-0.15, -0.1) is 0 Å². The van der Waals surface area contributed by atoms with E-state index in [0.717, 1.165) is 30.7 Å². The van der Waals surface area contributed by atoms with Gasteiger partial charge in [0, 0.05) is 5.54 Å². The van der Waals surface area contributed by atoms with Crippen LogP contribution in [-0.4, -0.2) is 31.8 Å². The number of fused-ring (bicyclic) bond motifs is 1. The van der Waals surface area contributed by atoms with Crippen molar-refractivity contribution in [1.29, 1.82) is 0 Å². The molecule has 2 rings (SSSR count). The standard InChI is InChI=1S/C19H29NO3/c1-7-9-15(18(21)23-6)20-17-14(10-8-11-16(17)22-5)13(2)12-19(20,3)4/h8,10-11,13,15H,7,9,12H2,1-6H3/t13-,15+/m1/s1. The van der Waals surface area contributed by atoms with Crippen LogP contribution in [0.25, 0.3) is 0 Å². The van der Waals surface area contributed by atoms with Gasteiger partial charge >= 0.3 is 5.97 Å². The Kier molecular flexibility index (Phi) is 5.23. The molecule has 0 bridgehead atoms. The summed E-state index contributed by atoms with van der Waals surface area (Å²) in [4.78, 5) is 14.7. The topological polar surface area (TPSA) is 38.8 Å². The van der Waals surface area contributed by atoms with Crippen molar-refractivity contribution in [2.45, 2.75) is 64.5 Å². The molecule has 1 aliphatic rings. The van der Waals surface area contributed by atoms with E-state index in [-0.39, 0.29) is 17.6 Å². The van der Waals surface area contributed by atoms with Gasteiger partial charge in [-0.2, -0.15) is 0 Å². The fourth-order valence-corrected chi connectivity index (χ4v) is 3.96. The maximum absolute atomic E-state index is 12.5. The predicted octanol–water partition coefficient (Wildman–Crippen LogP) is 4.13. The molecule has 1 aliphatic heterocycles. The SMILES string of the molecule is CCC[C@@H](C(=O)OC)N1c2c(OC)cccc2[C@H](C)CC1(C)C. The molecule has 0 N–H and O–H groups in total. The van der Waals surface area contributed by atoms with Crippen LogP contribution in [0.5, 0.6) is 5.75 Å². The van der Waals surface area contributed by atoms with E-state index in [1.165, 1.54) is 12.7 Å². The second-order valence-corrected chi connectivity index (χ2v) is 7.01. The summed E-state index contributed by atoms with van der Waals surface area (Å²) in [5.74, 6) is 1.07. The van der Waals surface area contributed by atoms with Crippen LogP contribution in [0, 0.1) is 0 Å². The zero-order valence-electron chi connectivity index (χ0n) is 15.2. The molecule has 4 heteroatoms. The number of methoxy groups -OCH3 is 2. The number of benzene rings is 1. The summed E-state index contributed by atoms with van der Waals surface area (Å²) in [5.41, 5.74) is 2.14. The van der Waals surface area contributed by atoms with Crippen LogP contribution in [-0.2, 0) is 9.53 Å². The average Bonchev–Trinajstić information content (AvgIpc) is 2.52. The Morgan fingerprint density at radius 3 is 2.65 bits per heavy atom. The lowest BCUT2D eigenvalue weighted by atomic mass is 9.78. The second-order valence-electron chi connectivity index (χ2n) is 7.01. The highest BCUT2D eigenvalue weighted by atomic mass is 16.5. The van der Waals surface area contributed by atoms with E-state index in [4.69, 9.17) is 9.47 Å². The van der Waals surface area contributed by atoms with Gasteiger partial charge in [0.05, 0.1) is 19.9 Å². The summed E-state index contributed by atoms with van der Waals surface area (Å²) in [6.07, 6.45) is 2.68. The summed E-state index contributed by atoms with van der Waals surface area (Å²) < 4.78 is 10.7. The highest BCUT2D eigenvalue weighted by Crippen LogP contribution is 2.49. The number of hydrogen-bond donors (Lipinski definition) is 0. The van der Waals surface area contributed by atoms with Crippen LogP contribution in [0.15, 0.2) is 18.2 Å². The van der Waals surface area contributed by atoms with E-state index >= 15 is 0 Å². The van der Waals surface area contributed by atoms with Crippen molar-refractivity contribution in [3.05, 3.63) is 23.8 Å². The van der Waals surface area contributed by atoms with Gasteiger partial charge in [-0.1, -0.05) is 32.4 Å². The Hall–Kier alpha value is -1.71. The molecule has 1 aromatic rings. The predicted molar refractivity (Wildman–Crippen MR) is 93.3 cm³/mol. The number of anilines is 1. The number of para-hydroxylation sites is 1. The van der Waals surface area contributed by atoms with Crippen molar-refractivity contribution in [3.63, 3.8) is 0 Å². The number of carbonyl (C=O) groups is 1. The Morgan fingerprint density at radius 2 is 2.09 bits per heavy atom. The number of nitrogens with zero attached hydrogens (tertiary/aromatic N) is 1. The molecule has 128 valence electrons. The monoisotopic (exact) mass is 319 g/mol. The lowest BCUT2D eigenvalue weighted by Crippen LogP contribution is -2.56. The first kappa shape index (κ1) is 17.6. The van der Waals surface area contributed by atoms with E-state index < -0.39 is 0 Å². The maximum Gasteiger partial charge on any atom is 0.328 e. The molecule has 0 aliphatic carbocycles. The first-order chi connectivity index (χ1) is 10.9. The van der Waals surface area contributed by atoms with Crippen LogP contribution in [0.1, 0.15) is 58.4 Å². The van der Waals surface area contributed by atoms with Gasteiger partial charge in [0.15, 0.2) is 0 Å².